The lowest BCUT2D eigenvalue weighted by Gasteiger charge is -2.28. The number of anilines is 1. The Labute approximate surface area is 213 Å². The molecule has 6 rings (SSSR count). The van der Waals surface area contributed by atoms with Gasteiger partial charge in [0, 0.05) is 27.6 Å². The fourth-order valence-corrected chi connectivity index (χ4v) is 4.71. The quantitative estimate of drug-likeness (QED) is 0.206. The molecule has 37 heavy (non-hydrogen) atoms. The number of rotatable bonds is 6. The third-order valence-electron chi connectivity index (χ3n) is 6.53. The van der Waals surface area contributed by atoms with Crippen LogP contribution in [0, 0.1) is 0 Å². The van der Waals surface area contributed by atoms with Crippen molar-refractivity contribution in [3.63, 3.8) is 0 Å². The highest BCUT2D eigenvalue weighted by Gasteiger charge is 2.35. The van der Waals surface area contributed by atoms with Gasteiger partial charge in [0.15, 0.2) is 5.78 Å². The number of hydrogen-bond donors (Lipinski definition) is 0. The summed E-state index contributed by atoms with van der Waals surface area (Å²) >= 11 is 0. The van der Waals surface area contributed by atoms with Gasteiger partial charge in [0.1, 0.15) is 12.4 Å². The maximum Gasteiger partial charge on any atom is 0.265 e. The minimum atomic E-state index is -0.426. The number of imide groups is 1. The Hall–Kier alpha value is -5.03. The van der Waals surface area contributed by atoms with Gasteiger partial charge in [-0.05, 0) is 53.4 Å². The molecule has 1 aliphatic heterocycles. The number of ether oxygens (including phenoxy) is 1. The maximum atomic E-state index is 13.5. The first-order valence-electron chi connectivity index (χ1n) is 11.9. The summed E-state index contributed by atoms with van der Waals surface area (Å²) in [5, 5.41) is 1.10. The predicted octanol–water partition coefficient (Wildman–Crippen LogP) is 6.45. The van der Waals surface area contributed by atoms with E-state index in [1.165, 1.54) is 4.90 Å². The summed E-state index contributed by atoms with van der Waals surface area (Å²) in [6, 6.07) is 34.2. The number of nitrogens with zero attached hydrogens (tertiary/aromatic N) is 1. The predicted molar refractivity (Wildman–Crippen MR) is 142 cm³/mol. The molecule has 0 aromatic heterocycles. The first-order chi connectivity index (χ1) is 18.1. The van der Waals surface area contributed by atoms with Gasteiger partial charge in [0.2, 0.25) is 0 Å². The molecule has 5 aromatic rings. The zero-order valence-corrected chi connectivity index (χ0v) is 19.8. The Morgan fingerprint density at radius 3 is 2.00 bits per heavy atom. The number of carbonyl (C=O) groups is 3. The fraction of sp³-hybridized carbons (Fsp3) is 0.0312. The lowest BCUT2D eigenvalue weighted by Crippen LogP contribution is -2.40. The maximum absolute atomic E-state index is 13.5. The Bertz CT molecular complexity index is 1640. The smallest absolute Gasteiger partial charge is 0.265 e. The topological polar surface area (TPSA) is 63.7 Å². The van der Waals surface area contributed by atoms with Crippen LogP contribution in [-0.2, 0) is 6.61 Å². The van der Waals surface area contributed by atoms with Crippen LogP contribution in [0.1, 0.15) is 42.2 Å². The SMILES string of the molecule is O=C(c1ccccc1)c1ccc2c3c(cccc13)C(=O)N(c1ccc(OCc3ccccc3)cc1)C2=O. The average Bonchev–Trinajstić information content (AvgIpc) is 2.96. The van der Waals surface area contributed by atoms with Crippen LogP contribution >= 0.6 is 0 Å². The van der Waals surface area contributed by atoms with Crippen molar-refractivity contribution in [1.29, 1.82) is 0 Å². The lowest BCUT2D eigenvalue weighted by molar-refractivity contribution is 0.0892. The molecule has 0 radical (unpaired) electrons. The second-order valence-electron chi connectivity index (χ2n) is 8.80. The number of ketones is 1. The number of carbonyl (C=O) groups excluding carboxylic acids is 3. The van der Waals surface area contributed by atoms with E-state index >= 15 is 0 Å². The molecule has 1 aliphatic rings. The Morgan fingerprint density at radius 2 is 1.30 bits per heavy atom. The van der Waals surface area contributed by atoms with E-state index < -0.39 is 11.8 Å². The van der Waals surface area contributed by atoms with E-state index in [0.29, 0.717) is 51.1 Å². The average molecular weight is 484 g/mol. The zero-order valence-electron chi connectivity index (χ0n) is 19.8. The minimum absolute atomic E-state index is 0.155. The van der Waals surface area contributed by atoms with Gasteiger partial charge in [-0.15, -0.1) is 0 Å². The van der Waals surface area contributed by atoms with Crippen molar-refractivity contribution in [1.82, 2.24) is 0 Å². The second-order valence-corrected chi connectivity index (χ2v) is 8.80. The van der Waals surface area contributed by atoms with Crippen LogP contribution < -0.4 is 9.64 Å². The van der Waals surface area contributed by atoms with Crippen LogP contribution in [0.5, 0.6) is 5.75 Å². The van der Waals surface area contributed by atoms with Crippen LogP contribution in [-0.4, -0.2) is 17.6 Å². The van der Waals surface area contributed by atoms with Crippen molar-refractivity contribution < 1.29 is 19.1 Å². The van der Waals surface area contributed by atoms with E-state index in [2.05, 4.69) is 0 Å². The van der Waals surface area contributed by atoms with E-state index in [-0.39, 0.29) is 5.78 Å². The van der Waals surface area contributed by atoms with Gasteiger partial charge in [-0.2, -0.15) is 0 Å². The molecule has 5 heteroatoms. The summed E-state index contributed by atoms with van der Waals surface area (Å²) in [5.41, 5.74) is 3.28. The normalized spacial score (nSPS) is 12.6. The molecule has 0 aliphatic carbocycles. The second kappa shape index (κ2) is 9.21. The minimum Gasteiger partial charge on any atom is -0.489 e. The number of hydrogen-bond acceptors (Lipinski definition) is 4. The standard InChI is InChI=1S/C32H21NO4/c34-30(22-10-5-2-6-11-22)26-18-19-28-29-25(26)12-7-13-27(29)31(35)33(32(28)36)23-14-16-24(17-15-23)37-20-21-8-3-1-4-9-21/h1-19H,20H2. The van der Waals surface area contributed by atoms with E-state index in [4.69, 9.17) is 4.74 Å². The monoisotopic (exact) mass is 483 g/mol. The summed E-state index contributed by atoms with van der Waals surface area (Å²) in [5.74, 6) is -0.371. The van der Waals surface area contributed by atoms with Gasteiger partial charge < -0.3 is 4.74 Å². The van der Waals surface area contributed by atoms with E-state index in [9.17, 15) is 14.4 Å². The summed E-state index contributed by atoms with van der Waals surface area (Å²) in [7, 11) is 0. The Kier molecular flexibility index (Phi) is 5.58. The van der Waals surface area contributed by atoms with Crippen molar-refractivity contribution >= 4 is 34.1 Å². The van der Waals surface area contributed by atoms with Gasteiger partial charge in [-0.25, -0.2) is 4.90 Å². The van der Waals surface area contributed by atoms with Crippen LogP contribution in [0.25, 0.3) is 10.8 Å². The van der Waals surface area contributed by atoms with Crippen LogP contribution in [0.4, 0.5) is 5.69 Å². The molecule has 5 nitrogen and oxygen atoms in total. The molecule has 5 aromatic carbocycles. The summed E-state index contributed by atoms with van der Waals surface area (Å²) in [4.78, 5) is 41.5. The summed E-state index contributed by atoms with van der Waals surface area (Å²) < 4.78 is 5.84. The number of benzene rings is 5. The molecule has 0 atom stereocenters. The molecule has 1 heterocycles. The van der Waals surface area contributed by atoms with E-state index in [0.717, 1.165) is 5.56 Å². The molecule has 0 saturated carbocycles. The molecule has 0 fully saturated rings. The largest absolute Gasteiger partial charge is 0.489 e. The van der Waals surface area contributed by atoms with Crippen LogP contribution in [0.3, 0.4) is 0 Å². The molecule has 0 unspecified atom stereocenters. The highest BCUT2D eigenvalue weighted by Crippen LogP contribution is 2.35. The molecule has 0 bridgehead atoms. The molecule has 178 valence electrons. The third kappa shape index (κ3) is 3.96. The molecular formula is C32H21NO4. The summed E-state index contributed by atoms with van der Waals surface area (Å²) in [6.45, 7) is 0.418. The first-order valence-corrected chi connectivity index (χ1v) is 11.9. The van der Waals surface area contributed by atoms with Crippen molar-refractivity contribution in [2.75, 3.05) is 4.90 Å². The van der Waals surface area contributed by atoms with Gasteiger partial charge in [0.25, 0.3) is 11.8 Å². The molecule has 0 N–H and O–H groups in total. The zero-order chi connectivity index (χ0) is 25.4. The first kappa shape index (κ1) is 22.4. The molecule has 0 saturated heterocycles. The van der Waals surface area contributed by atoms with Gasteiger partial charge in [0.05, 0.1) is 5.69 Å². The van der Waals surface area contributed by atoms with Crippen LogP contribution in [0.15, 0.2) is 115 Å². The van der Waals surface area contributed by atoms with Gasteiger partial charge in [-0.3, -0.25) is 14.4 Å². The van der Waals surface area contributed by atoms with Crippen molar-refractivity contribution in [3.05, 3.63) is 143 Å². The molecule has 2 amide bonds. The van der Waals surface area contributed by atoms with E-state index in [1.807, 2.05) is 36.4 Å². The number of amides is 2. The van der Waals surface area contributed by atoms with Gasteiger partial charge in [-0.1, -0.05) is 72.8 Å². The van der Waals surface area contributed by atoms with Crippen molar-refractivity contribution in [2.45, 2.75) is 6.61 Å². The van der Waals surface area contributed by atoms with Crippen LogP contribution in [0.2, 0.25) is 0 Å². The Morgan fingerprint density at radius 1 is 0.649 bits per heavy atom. The lowest BCUT2D eigenvalue weighted by atomic mass is 9.88. The fourth-order valence-electron chi connectivity index (χ4n) is 4.71. The molecule has 0 spiro atoms. The third-order valence-corrected chi connectivity index (χ3v) is 6.53. The van der Waals surface area contributed by atoms with Crippen molar-refractivity contribution in [2.24, 2.45) is 0 Å². The van der Waals surface area contributed by atoms with E-state index in [1.54, 1.807) is 78.9 Å². The Balaban J connectivity index is 1.33. The highest BCUT2D eigenvalue weighted by molar-refractivity contribution is 6.37. The summed E-state index contributed by atoms with van der Waals surface area (Å²) in [6.07, 6.45) is 0. The van der Waals surface area contributed by atoms with Gasteiger partial charge >= 0.3 is 0 Å². The highest BCUT2D eigenvalue weighted by atomic mass is 16.5. The van der Waals surface area contributed by atoms with Crippen molar-refractivity contribution in [3.8, 4) is 5.75 Å². The molecular weight excluding hydrogens is 462 g/mol.